The van der Waals surface area contributed by atoms with Gasteiger partial charge in [-0.25, -0.2) is 0 Å². The highest BCUT2D eigenvalue weighted by atomic mass is 16.5. The molecule has 0 aliphatic rings. The first-order valence-corrected chi connectivity index (χ1v) is 10.2. The van der Waals surface area contributed by atoms with Gasteiger partial charge in [0.2, 0.25) is 0 Å². The molecule has 0 radical (unpaired) electrons. The second kappa shape index (κ2) is 10.7. The highest BCUT2D eigenvalue weighted by molar-refractivity contribution is 6.06. The Morgan fingerprint density at radius 2 is 1.52 bits per heavy atom. The van der Waals surface area contributed by atoms with Crippen LogP contribution < -0.4 is 14.2 Å². The number of carbonyl (C=O) groups is 1. The summed E-state index contributed by atoms with van der Waals surface area (Å²) in [6.07, 6.45) is 5.36. The zero-order valence-corrected chi connectivity index (χ0v) is 18.3. The van der Waals surface area contributed by atoms with E-state index in [1.165, 1.54) is 0 Å². The van der Waals surface area contributed by atoms with Gasteiger partial charge in [0, 0.05) is 11.1 Å². The molecule has 0 fully saturated rings. The molecule has 2 aromatic rings. The number of carbonyl (C=O) groups excluding carboxylic acids is 1. The van der Waals surface area contributed by atoms with Crippen molar-refractivity contribution in [2.75, 3.05) is 7.11 Å². The highest BCUT2D eigenvalue weighted by Gasteiger charge is 2.15. The average Bonchev–Trinajstić information content (AvgIpc) is 2.67. The minimum Gasteiger partial charge on any atom is -0.497 e. The van der Waals surface area contributed by atoms with Gasteiger partial charge < -0.3 is 14.2 Å². The predicted octanol–water partition coefficient (Wildman–Crippen LogP) is 6.12. The SMILES string of the molecule is CCCc1c(OC(C)C)cc(/C=C/C(=O)c2ccc(OC)cc2)cc1OC(C)C. The van der Waals surface area contributed by atoms with Gasteiger partial charge in [-0.05, 0) is 82.2 Å². The second-order valence-corrected chi connectivity index (χ2v) is 7.51. The molecule has 0 spiro atoms. The average molecular weight is 397 g/mol. The molecule has 0 amide bonds. The Morgan fingerprint density at radius 3 is 1.97 bits per heavy atom. The van der Waals surface area contributed by atoms with E-state index >= 15 is 0 Å². The lowest BCUT2D eigenvalue weighted by Crippen LogP contribution is -2.12. The summed E-state index contributed by atoms with van der Waals surface area (Å²) in [7, 11) is 1.60. The Bertz CT molecular complexity index is 801. The molecule has 2 rings (SSSR count). The molecule has 156 valence electrons. The predicted molar refractivity (Wildman–Crippen MR) is 118 cm³/mol. The van der Waals surface area contributed by atoms with Crippen LogP contribution in [0, 0.1) is 0 Å². The summed E-state index contributed by atoms with van der Waals surface area (Å²) in [6.45, 7) is 10.2. The highest BCUT2D eigenvalue weighted by Crippen LogP contribution is 2.34. The number of hydrogen-bond acceptors (Lipinski definition) is 4. The molecule has 0 bridgehead atoms. The quantitative estimate of drug-likeness (QED) is 0.358. The largest absolute Gasteiger partial charge is 0.497 e. The van der Waals surface area contributed by atoms with Crippen molar-refractivity contribution < 1.29 is 19.0 Å². The lowest BCUT2D eigenvalue weighted by Gasteiger charge is -2.20. The summed E-state index contributed by atoms with van der Waals surface area (Å²) in [5, 5.41) is 0. The molecule has 0 unspecified atom stereocenters. The molecule has 0 saturated carbocycles. The van der Waals surface area contributed by atoms with E-state index in [4.69, 9.17) is 14.2 Å². The van der Waals surface area contributed by atoms with Gasteiger partial charge in [0.15, 0.2) is 5.78 Å². The first-order chi connectivity index (χ1) is 13.8. The summed E-state index contributed by atoms with van der Waals surface area (Å²) >= 11 is 0. The van der Waals surface area contributed by atoms with E-state index in [0.717, 1.165) is 41.2 Å². The molecule has 0 saturated heterocycles. The van der Waals surface area contributed by atoms with E-state index < -0.39 is 0 Å². The maximum absolute atomic E-state index is 12.5. The second-order valence-electron chi connectivity index (χ2n) is 7.51. The lowest BCUT2D eigenvalue weighted by atomic mass is 10.0. The zero-order chi connectivity index (χ0) is 21.4. The monoisotopic (exact) mass is 396 g/mol. The fourth-order valence-corrected chi connectivity index (χ4v) is 2.97. The molecule has 0 N–H and O–H groups in total. The van der Waals surface area contributed by atoms with Gasteiger partial charge >= 0.3 is 0 Å². The van der Waals surface area contributed by atoms with Crippen molar-refractivity contribution in [3.8, 4) is 17.2 Å². The number of benzene rings is 2. The summed E-state index contributed by atoms with van der Waals surface area (Å²) in [5.74, 6) is 2.29. The minimum atomic E-state index is -0.0667. The molecule has 0 aromatic heterocycles. The van der Waals surface area contributed by atoms with Crippen LogP contribution in [0.4, 0.5) is 0 Å². The van der Waals surface area contributed by atoms with Crippen molar-refractivity contribution in [1.29, 1.82) is 0 Å². The van der Waals surface area contributed by atoms with Crippen LogP contribution in [0.2, 0.25) is 0 Å². The van der Waals surface area contributed by atoms with E-state index in [1.54, 1.807) is 37.5 Å². The number of hydrogen-bond donors (Lipinski definition) is 0. The summed E-state index contributed by atoms with van der Waals surface area (Å²) in [5.41, 5.74) is 2.56. The van der Waals surface area contributed by atoms with Crippen LogP contribution in [0.3, 0.4) is 0 Å². The van der Waals surface area contributed by atoms with E-state index in [-0.39, 0.29) is 18.0 Å². The normalized spacial score (nSPS) is 11.3. The van der Waals surface area contributed by atoms with Gasteiger partial charge in [0.25, 0.3) is 0 Å². The number of ether oxygens (including phenoxy) is 3. The summed E-state index contributed by atoms with van der Waals surface area (Å²) in [6, 6.07) is 11.0. The Kier molecular flexibility index (Phi) is 8.32. The van der Waals surface area contributed by atoms with Gasteiger partial charge in [0.05, 0.1) is 19.3 Å². The topological polar surface area (TPSA) is 44.8 Å². The fraction of sp³-hybridized carbons (Fsp3) is 0.400. The van der Waals surface area contributed by atoms with Crippen LogP contribution in [-0.4, -0.2) is 25.1 Å². The zero-order valence-electron chi connectivity index (χ0n) is 18.3. The third-order valence-electron chi connectivity index (χ3n) is 4.22. The molecule has 4 heteroatoms. The third-order valence-corrected chi connectivity index (χ3v) is 4.22. The molecular formula is C25H32O4. The number of rotatable bonds is 10. The van der Waals surface area contributed by atoms with E-state index in [2.05, 4.69) is 6.92 Å². The fourth-order valence-electron chi connectivity index (χ4n) is 2.97. The molecule has 0 aliphatic carbocycles. The minimum absolute atomic E-state index is 0.0534. The van der Waals surface area contributed by atoms with E-state index in [9.17, 15) is 4.79 Å². The molecular weight excluding hydrogens is 364 g/mol. The van der Waals surface area contributed by atoms with E-state index in [0.29, 0.717) is 5.56 Å². The Morgan fingerprint density at radius 1 is 0.966 bits per heavy atom. The molecule has 29 heavy (non-hydrogen) atoms. The van der Waals surface area contributed by atoms with E-state index in [1.807, 2.05) is 45.9 Å². The van der Waals surface area contributed by atoms with Crippen LogP contribution in [0.1, 0.15) is 62.5 Å². The number of allylic oxidation sites excluding steroid dienone is 1. The molecule has 4 nitrogen and oxygen atoms in total. The van der Waals surface area contributed by atoms with Crippen LogP contribution in [0.5, 0.6) is 17.2 Å². The van der Waals surface area contributed by atoms with Crippen LogP contribution in [-0.2, 0) is 6.42 Å². The molecule has 0 aliphatic heterocycles. The third kappa shape index (κ3) is 6.67. The van der Waals surface area contributed by atoms with Gasteiger partial charge in [-0.3, -0.25) is 4.79 Å². The van der Waals surface area contributed by atoms with Gasteiger partial charge in [-0.15, -0.1) is 0 Å². The van der Waals surface area contributed by atoms with Crippen molar-refractivity contribution in [2.45, 2.75) is 59.7 Å². The smallest absolute Gasteiger partial charge is 0.185 e. The maximum atomic E-state index is 12.5. The van der Waals surface area contributed by atoms with Crippen LogP contribution >= 0.6 is 0 Å². The first-order valence-electron chi connectivity index (χ1n) is 10.2. The number of ketones is 1. The Hall–Kier alpha value is -2.75. The van der Waals surface area contributed by atoms with Crippen molar-refractivity contribution in [3.05, 3.63) is 59.2 Å². The van der Waals surface area contributed by atoms with Crippen molar-refractivity contribution in [2.24, 2.45) is 0 Å². The molecule has 0 atom stereocenters. The summed E-state index contributed by atoms with van der Waals surface area (Å²) < 4.78 is 17.3. The van der Waals surface area contributed by atoms with Crippen LogP contribution in [0.15, 0.2) is 42.5 Å². The standard InChI is InChI=1S/C25H32O4/c1-7-8-22-24(28-17(2)3)15-19(16-25(22)29-18(4)5)9-14-23(26)20-10-12-21(27-6)13-11-20/h9-18H,7-8H2,1-6H3/b14-9+. The molecule has 0 heterocycles. The Balaban J connectivity index is 2.36. The van der Waals surface area contributed by atoms with Crippen molar-refractivity contribution in [3.63, 3.8) is 0 Å². The van der Waals surface area contributed by atoms with Gasteiger partial charge in [-0.2, -0.15) is 0 Å². The van der Waals surface area contributed by atoms with Crippen LogP contribution in [0.25, 0.3) is 6.08 Å². The van der Waals surface area contributed by atoms with Crippen molar-refractivity contribution in [1.82, 2.24) is 0 Å². The van der Waals surface area contributed by atoms with Gasteiger partial charge in [0.1, 0.15) is 17.2 Å². The number of methoxy groups -OCH3 is 1. The maximum Gasteiger partial charge on any atom is 0.185 e. The Labute approximate surface area is 174 Å². The van der Waals surface area contributed by atoms with Gasteiger partial charge in [-0.1, -0.05) is 19.4 Å². The van der Waals surface area contributed by atoms with Crippen molar-refractivity contribution >= 4 is 11.9 Å². The first kappa shape index (κ1) is 22.5. The lowest BCUT2D eigenvalue weighted by molar-refractivity contribution is 0.104. The molecule has 2 aromatic carbocycles. The summed E-state index contributed by atoms with van der Waals surface area (Å²) in [4.78, 5) is 12.5.